The molecule has 0 unspecified atom stereocenters. The van der Waals surface area contributed by atoms with Crippen molar-refractivity contribution in [1.29, 1.82) is 5.26 Å². The normalized spacial score (nSPS) is 15.6. The predicted molar refractivity (Wildman–Crippen MR) is 141 cm³/mol. The van der Waals surface area contributed by atoms with Gasteiger partial charge in [0.1, 0.15) is 0 Å². The maximum atomic E-state index is 9.39. The van der Waals surface area contributed by atoms with Gasteiger partial charge in [-0.3, -0.25) is 0 Å². The van der Waals surface area contributed by atoms with Crippen LogP contribution in [0.5, 0.6) is 0 Å². The van der Waals surface area contributed by atoms with Gasteiger partial charge in [0.05, 0.1) is 11.0 Å². The summed E-state index contributed by atoms with van der Waals surface area (Å²) in [5, 5.41) is 9.39. The van der Waals surface area contributed by atoms with Crippen LogP contribution in [0.2, 0.25) is 0 Å². The first-order valence-electron chi connectivity index (χ1n) is 12.7. The zero-order chi connectivity index (χ0) is 24.0. The Morgan fingerprint density at radius 1 is 0.857 bits per heavy atom. The highest BCUT2D eigenvalue weighted by Gasteiger charge is 2.25. The molecule has 0 atom stereocenters. The van der Waals surface area contributed by atoms with E-state index in [0.717, 1.165) is 56.6 Å². The molecule has 178 valence electrons. The van der Waals surface area contributed by atoms with Crippen LogP contribution >= 0.6 is 0 Å². The van der Waals surface area contributed by atoms with Crippen LogP contribution in [-0.4, -0.2) is 33.7 Å². The topological polar surface area (TPSA) is 49.2 Å². The molecule has 1 aliphatic rings. The zero-order valence-electron chi connectivity index (χ0n) is 20.4. The lowest BCUT2D eigenvalue weighted by atomic mass is 9.88. The van der Waals surface area contributed by atoms with Crippen LogP contribution in [0.15, 0.2) is 89.9 Å². The van der Waals surface area contributed by atoms with E-state index in [2.05, 4.69) is 111 Å². The average molecular weight is 464 g/mol. The quantitative estimate of drug-likeness (QED) is 0.330. The summed E-state index contributed by atoms with van der Waals surface area (Å²) in [5.74, 6) is 0.410. The number of imidazole rings is 1. The first-order chi connectivity index (χ1) is 17.3. The molecule has 3 aromatic carbocycles. The number of benzene rings is 3. The van der Waals surface area contributed by atoms with Gasteiger partial charge in [-0.1, -0.05) is 72.8 Å². The van der Waals surface area contributed by atoms with Crippen molar-refractivity contribution in [2.24, 2.45) is 4.99 Å². The van der Waals surface area contributed by atoms with Gasteiger partial charge >= 0.3 is 0 Å². The lowest BCUT2D eigenvalue weighted by Crippen LogP contribution is -2.39. The largest absolute Gasteiger partial charge is 0.310 e. The van der Waals surface area contributed by atoms with Gasteiger partial charge in [-0.25, -0.2) is 0 Å². The van der Waals surface area contributed by atoms with Crippen LogP contribution in [0, 0.1) is 11.5 Å². The number of rotatable bonds is 7. The van der Waals surface area contributed by atoms with Crippen molar-refractivity contribution < 1.29 is 0 Å². The third kappa shape index (κ3) is 4.80. The van der Waals surface area contributed by atoms with Crippen molar-refractivity contribution in [3.8, 4) is 6.19 Å². The molecule has 0 N–H and O–H groups in total. The van der Waals surface area contributed by atoms with Crippen molar-refractivity contribution in [3.63, 3.8) is 0 Å². The molecule has 4 aromatic rings. The van der Waals surface area contributed by atoms with E-state index in [4.69, 9.17) is 0 Å². The number of aryl methyl sites for hydroxylation is 1. The Morgan fingerprint density at radius 3 is 2.00 bits per heavy atom. The van der Waals surface area contributed by atoms with Crippen molar-refractivity contribution in [1.82, 2.24) is 14.0 Å². The van der Waals surface area contributed by atoms with Crippen molar-refractivity contribution in [2.75, 3.05) is 19.6 Å². The Morgan fingerprint density at radius 2 is 1.43 bits per heavy atom. The highest BCUT2D eigenvalue weighted by atomic mass is 15.2. The Labute approximate surface area is 207 Å². The molecule has 5 heteroatoms. The van der Waals surface area contributed by atoms with Crippen molar-refractivity contribution in [2.45, 2.75) is 44.7 Å². The molecule has 1 fully saturated rings. The minimum Gasteiger partial charge on any atom is -0.310 e. The number of fused-ring (bicyclic) bond motifs is 1. The van der Waals surface area contributed by atoms with Gasteiger partial charge in [-0.05, 0) is 56.0 Å². The van der Waals surface area contributed by atoms with Gasteiger partial charge < -0.3 is 14.0 Å². The van der Waals surface area contributed by atoms with E-state index >= 15 is 0 Å². The molecule has 1 aliphatic heterocycles. The molecule has 0 aliphatic carbocycles. The summed E-state index contributed by atoms with van der Waals surface area (Å²) < 4.78 is 4.48. The maximum absolute atomic E-state index is 9.39. The summed E-state index contributed by atoms with van der Waals surface area (Å²) >= 11 is 0. The smallest absolute Gasteiger partial charge is 0.221 e. The monoisotopic (exact) mass is 463 g/mol. The summed E-state index contributed by atoms with van der Waals surface area (Å²) in [4.78, 5) is 6.86. The number of para-hydroxylation sites is 2. The van der Waals surface area contributed by atoms with Gasteiger partial charge in [0.15, 0.2) is 0 Å². The molecule has 1 saturated heterocycles. The molecule has 5 rings (SSSR count). The third-order valence-electron chi connectivity index (χ3n) is 7.42. The van der Waals surface area contributed by atoms with Crippen LogP contribution in [0.4, 0.5) is 0 Å². The van der Waals surface area contributed by atoms with E-state index in [1.807, 2.05) is 6.19 Å². The first-order valence-corrected chi connectivity index (χ1v) is 12.7. The number of hydrogen-bond donors (Lipinski definition) is 0. The number of nitriles is 1. The van der Waals surface area contributed by atoms with E-state index < -0.39 is 0 Å². The van der Waals surface area contributed by atoms with Crippen molar-refractivity contribution in [3.05, 3.63) is 102 Å². The molecule has 5 nitrogen and oxygen atoms in total. The Hall–Kier alpha value is -3.62. The second-order valence-electron chi connectivity index (χ2n) is 9.35. The third-order valence-corrected chi connectivity index (χ3v) is 7.42. The van der Waals surface area contributed by atoms with E-state index in [1.165, 1.54) is 16.6 Å². The molecule has 0 amide bonds. The van der Waals surface area contributed by atoms with Gasteiger partial charge in [-0.2, -0.15) is 5.26 Å². The lowest BCUT2D eigenvalue weighted by molar-refractivity contribution is 0.182. The van der Waals surface area contributed by atoms with E-state index in [-0.39, 0.29) is 0 Å². The fourth-order valence-electron chi connectivity index (χ4n) is 5.68. The number of hydrogen-bond acceptors (Lipinski definition) is 3. The summed E-state index contributed by atoms with van der Waals surface area (Å²) in [6, 6.07) is 30.6. The molecule has 35 heavy (non-hydrogen) atoms. The summed E-state index contributed by atoms with van der Waals surface area (Å²) in [5.41, 5.74) is 5.89. The van der Waals surface area contributed by atoms with Gasteiger partial charge in [0.25, 0.3) is 0 Å². The highest BCUT2D eigenvalue weighted by Crippen LogP contribution is 2.30. The van der Waals surface area contributed by atoms with Crippen LogP contribution in [0.3, 0.4) is 0 Å². The molecule has 0 spiro atoms. The Balaban J connectivity index is 1.32. The Kier molecular flexibility index (Phi) is 7.11. The van der Waals surface area contributed by atoms with E-state index in [9.17, 15) is 5.26 Å². The molecule has 0 bridgehead atoms. The number of aromatic nitrogens is 2. The van der Waals surface area contributed by atoms with Crippen LogP contribution in [-0.2, 0) is 6.54 Å². The molecular formula is C30H33N5. The minimum absolute atomic E-state index is 0.357. The van der Waals surface area contributed by atoms with Gasteiger partial charge in [0, 0.05) is 31.6 Å². The zero-order valence-corrected chi connectivity index (χ0v) is 20.4. The van der Waals surface area contributed by atoms with Crippen LogP contribution < -0.4 is 5.62 Å². The molecular weight excluding hydrogens is 430 g/mol. The first kappa shape index (κ1) is 23.1. The Bertz CT molecular complexity index is 1310. The van der Waals surface area contributed by atoms with Crippen LogP contribution in [0.25, 0.3) is 11.0 Å². The van der Waals surface area contributed by atoms with Gasteiger partial charge in [-0.15, -0.1) is 4.99 Å². The maximum Gasteiger partial charge on any atom is 0.221 e. The predicted octanol–water partition coefficient (Wildman–Crippen LogP) is 5.70. The highest BCUT2D eigenvalue weighted by molar-refractivity contribution is 5.76. The summed E-state index contributed by atoms with van der Waals surface area (Å²) in [6.07, 6.45) is 5.29. The fourth-order valence-corrected chi connectivity index (χ4v) is 5.68. The second kappa shape index (κ2) is 10.8. The average Bonchev–Trinajstić information content (AvgIpc) is 3.23. The number of piperidine rings is 1. The number of likely N-dealkylation sites (tertiary alicyclic amines) is 1. The van der Waals surface area contributed by atoms with E-state index in [0.29, 0.717) is 12.0 Å². The minimum atomic E-state index is 0.357. The molecule has 0 radical (unpaired) electrons. The van der Waals surface area contributed by atoms with Gasteiger partial charge in [0.2, 0.25) is 11.8 Å². The van der Waals surface area contributed by atoms with Crippen molar-refractivity contribution >= 4 is 11.0 Å². The molecule has 0 saturated carbocycles. The number of nitrogens with zero attached hydrogens (tertiary/aromatic N) is 5. The summed E-state index contributed by atoms with van der Waals surface area (Å²) in [6.45, 7) is 6.12. The fraction of sp³-hybridized carbons (Fsp3) is 0.333. The standard InChI is InChI=1S/C30H33N5/c1-2-34-28-15-9-10-16-29(28)35(30(34)32-23-31)26-17-20-33(21-18-26)22-19-27(24-11-5-3-6-12-24)25-13-7-4-8-14-25/h3-16,26-27H,2,17-22H2,1H3. The SMILES string of the molecule is CCn1c(=NC#N)n(C2CCN(CCC(c3ccccc3)c3ccccc3)CC2)c2ccccc21. The molecule has 2 heterocycles. The summed E-state index contributed by atoms with van der Waals surface area (Å²) in [7, 11) is 0. The molecule has 1 aromatic heterocycles. The second-order valence-corrected chi connectivity index (χ2v) is 9.35. The van der Waals surface area contributed by atoms with E-state index in [1.54, 1.807) is 0 Å². The van der Waals surface area contributed by atoms with Crippen LogP contribution in [0.1, 0.15) is 49.3 Å². The lowest BCUT2D eigenvalue weighted by Gasteiger charge is -2.34.